The van der Waals surface area contributed by atoms with Gasteiger partial charge in [-0.3, -0.25) is 0 Å². The van der Waals surface area contributed by atoms with Crippen LogP contribution in [-0.4, -0.2) is 49.8 Å². The first kappa shape index (κ1) is 15.3. The van der Waals surface area contributed by atoms with Crippen LogP contribution in [0.15, 0.2) is 0 Å². The minimum absolute atomic E-state index is 0.312. The highest BCUT2D eigenvalue weighted by Gasteiger charge is 2.57. The molecule has 112 valence electrons. The third kappa shape index (κ3) is 3.14. The largest absolute Gasteiger partial charge is 0.377 e. The molecule has 0 aromatic heterocycles. The van der Waals surface area contributed by atoms with Gasteiger partial charge in [-0.2, -0.15) is 0 Å². The monoisotopic (exact) mass is 268 g/mol. The third-order valence-electron chi connectivity index (χ3n) is 5.11. The molecule has 0 amide bonds. The topological polar surface area (TPSA) is 24.5 Å². The van der Waals surface area contributed by atoms with Gasteiger partial charge in [0.1, 0.15) is 0 Å². The summed E-state index contributed by atoms with van der Waals surface area (Å²) in [6.45, 7) is 14.9. The first-order valence-corrected chi connectivity index (χ1v) is 8.18. The van der Waals surface area contributed by atoms with Crippen molar-refractivity contribution in [1.29, 1.82) is 0 Å². The molecule has 3 unspecified atom stereocenters. The minimum Gasteiger partial charge on any atom is -0.377 e. The molecule has 0 aromatic rings. The molecule has 1 N–H and O–H groups in total. The summed E-state index contributed by atoms with van der Waals surface area (Å²) >= 11 is 0. The van der Waals surface area contributed by atoms with Crippen LogP contribution in [0.4, 0.5) is 0 Å². The molecule has 2 aliphatic rings. The minimum atomic E-state index is 0.312. The van der Waals surface area contributed by atoms with Gasteiger partial charge in [0.05, 0.1) is 6.10 Å². The van der Waals surface area contributed by atoms with Gasteiger partial charge >= 0.3 is 0 Å². The molecule has 3 heteroatoms. The second-order valence-corrected chi connectivity index (χ2v) is 6.78. The van der Waals surface area contributed by atoms with Crippen LogP contribution in [0.3, 0.4) is 0 Å². The van der Waals surface area contributed by atoms with Crippen LogP contribution in [0.5, 0.6) is 0 Å². The van der Waals surface area contributed by atoms with Crippen molar-refractivity contribution in [3.05, 3.63) is 0 Å². The summed E-state index contributed by atoms with van der Waals surface area (Å²) in [6.07, 6.45) is 4.34. The molecular weight excluding hydrogens is 236 g/mol. The van der Waals surface area contributed by atoms with Crippen LogP contribution < -0.4 is 5.32 Å². The summed E-state index contributed by atoms with van der Waals surface area (Å²) in [5.41, 5.74) is 0.312. The zero-order chi connectivity index (χ0) is 13.9. The van der Waals surface area contributed by atoms with Gasteiger partial charge < -0.3 is 15.0 Å². The van der Waals surface area contributed by atoms with Gasteiger partial charge in [-0.05, 0) is 32.4 Å². The van der Waals surface area contributed by atoms with Gasteiger partial charge in [-0.15, -0.1) is 0 Å². The van der Waals surface area contributed by atoms with E-state index in [1.807, 2.05) is 0 Å². The van der Waals surface area contributed by atoms with Crippen LogP contribution in [-0.2, 0) is 4.74 Å². The molecule has 2 fully saturated rings. The van der Waals surface area contributed by atoms with Gasteiger partial charge in [0.2, 0.25) is 0 Å². The van der Waals surface area contributed by atoms with Crippen molar-refractivity contribution in [3.63, 3.8) is 0 Å². The lowest BCUT2D eigenvalue weighted by atomic mass is 9.55. The number of hydrogen-bond acceptors (Lipinski definition) is 3. The normalized spacial score (nSPS) is 33.0. The molecule has 1 heterocycles. The van der Waals surface area contributed by atoms with Gasteiger partial charge in [-0.25, -0.2) is 0 Å². The molecular formula is C16H32N2O. The number of likely N-dealkylation sites (N-methyl/N-ethyl adjacent to an activating group) is 1. The van der Waals surface area contributed by atoms with E-state index in [0.717, 1.165) is 19.1 Å². The second kappa shape index (κ2) is 6.55. The molecule has 1 saturated carbocycles. The predicted octanol–water partition coefficient (Wildman–Crippen LogP) is 2.51. The quantitative estimate of drug-likeness (QED) is 0.768. The molecule has 0 radical (unpaired) electrons. The van der Waals surface area contributed by atoms with E-state index in [1.165, 1.54) is 38.9 Å². The van der Waals surface area contributed by atoms with E-state index < -0.39 is 0 Å². The highest BCUT2D eigenvalue weighted by Crippen LogP contribution is 2.51. The molecule has 0 spiro atoms. The van der Waals surface area contributed by atoms with Gasteiger partial charge in [0.25, 0.3) is 0 Å². The number of hydrogen-bond donors (Lipinski definition) is 1. The summed E-state index contributed by atoms with van der Waals surface area (Å²) < 4.78 is 5.96. The molecule has 1 aliphatic carbocycles. The Morgan fingerprint density at radius 2 is 2.05 bits per heavy atom. The van der Waals surface area contributed by atoms with Crippen molar-refractivity contribution in [3.8, 4) is 0 Å². The Morgan fingerprint density at radius 1 is 1.26 bits per heavy atom. The van der Waals surface area contributed by atoms with E-state index in [9.17, 15) is 0 Å². The summed E-state index contributed by atoms with van der Waals surface area (Å²) in [6, 6.07) is 0.651. The first-order chi connectivity index (χ1) is 9.11. The Bertz CT molecular complexity index is 280. The average Bonchev–Trinajstić information content (AvgIpc) is 2.42. The number of rotatable bonds is 7. The Morgan fingerprint density at radius 3 is 2.74 bits per heavy atom. The maximum Gasteiger partial charge on any atom is 0.0684 e. The van der Waals surface area contributed by atoms with Gasteiger partial charge in [-0.1, -0.05) is 27.7 Å². The smallest absolute Gasteiger partial charge is 0.0684 e. The van der Waals surface area contributed by atoms with E-state index in [2.05, 4.69) is 37.9 Å². The van der Waals surface area contributed by atoms with E-state index in [4.69, 9.17) is 4.74 Å². The van der Waals surface area contributed by atoms with E-state index >= 15 is 0 Å². The maximum atomic E-state index is 5.96. The lowest BCUT2D eigenvalue weighted by Gasteiger charge is -2.60. The van der Waals surface area contributed by atoms with E-state index in [0.29, 0.717) is 17.6 Å². The Labute approximate surface area is 119 Å². The zero-order valence-electron chi connectivity index (χ0n) is 13.2. The lowest BCUT2D eigenvalue weighted by molar-refractivity contribution is -0.192. The maximum absolute atomic E-state index is 5.96. The summed E-state index contributed by atoms with van der Waals surface area (Å²) in [7, 11) is 0. The van der Waals surface area contributed by atoms with Crippen LogP contribution in [0.2, 0.25) is 0 Å². The molecule has 2 rings (SSSR count). The number of nitrogens with zero attached hydrogens (tertiary/aromatic N) is 1. The highest BCUT2D eigenvalue weighted by molar-refractivity contribution is 5.10. The van der Waals surface area contributed by atoms with Crippen LogP contribution >= 0.6 is 0 Å². The molecule has 1 saturated heterocycles. The number of ether oxygens (including phenoxy) is 1. The number of fused-ring (bicyclic) bond motifs is 1. The van der Waals surface area contributed by atoms with Crippen molar-refractivity contribution in [2.24, 2.45) is 11.3 Å². The SMILES string of the molecule is CCCN(CC)CCNC1C2CCCOC2C1(C)C. The molecule has 19 heavy (non-hydrogen) atoms. The molecule has 3 atom stereocenters. The van der Waals surface area contributed by atoms with Gasteiger partial charge in [0.15, 0.2) is 0 Å². The fraction of sp³-hybridized carbons (Fsp3) is 1.00. The Kier molecular flexibility index (Phi) is 5.27. The van der Waals surface area contributed by atoms with E-state index in [-0.39, 0.29) is 0 Å². The summed E-state index contributed by atoms with van der Waals surface area (Å²) in [4.78, 5) is 2.54. The van der Waals surface area contributed by atoms with Crippen LogP contribution in [0, 0.1) is 11.3 Å². The summed E-state index contributed by atoms with van der Waals surface area (Å²) in [5.74, 6) is 0.755. The molecule has 3 nitrogen and oxygen atoms in total. The average molecular weight is 268 g/mol. The fourth-order valence-corrected chi connectivity index (χ4v) is 4.06. The zero-order valence-corrected chi connectivity index (χ0v) is 13.2. The molecule has 0 aromatic carbocycles. The summed E-state index contributed by atoms with van der Waals surface area (Å²) in [5, 5.41) is 3.81. The van der Waals surface area contributed by atoms with Crippen molar-refractivity contribution < 1.29 is 4.74 Å². The van der Waals surface area contributed by atoms with Crippen LogP contribution in [0.1, 0.15) is 47.0 Å². The highest BCUT2D eigenvalue weighted by atomic mass is 16.5. The fourth-order valence-electron chi connectivity index (χ4n) is 4.06. The number of nitrogens with one attached hydrogen (secondary N) is 1. The predicted molar refractivity (Wildman–Crippen MR) is 80.4 cm³/mol. The third-order valence-corrected chi connectivity index (χ3v) is 5.11. The Hall–Kier alpha value is -0.120. The van der Waals surface area contributed by atoms with Crippen molar-refractivity contribution in [2.75, 3.05) is 32.8 Å². The van der Waals surface area contributed by atoms with Crippen LogP contribution in [0.25, 0.3) is 0 Å². The van der Waals surface area contributed by atoms with Gasteiger partial charge in [0, 0.05) is 37.1 Å². The van der Waals surface area contributed by atoms with E-state index in [1.54, 1.807) is 0 Å². The second-order valence-electron chi connectivity index (χ2n) is 6.78. The van der Waals surface area contributed by atoms with Crippen molar-refractivity contribution >= 4 is 0 Å². The van der Waals surface area contributed by atoms with Crippen molar-refractivity contribution in [2.45, 2.75) is 59.1 Å². The van der Waals surface area contributed by atoms with Crippen molar-refractivity contribution in [1.82, 2.24) is 10.2 Å². The lowest BCUT2D eigenvalue weighted by Crippen LogP contribution is -2.69. The first-order valence-electron chi connectivity index (χ1n) is 8.18. The Balaban J connectivity index is 1.76. The molecule has 1 aliphatic heterocycles. The standard InChI is InChI=1S/C16H32N2O/c1-5-10-18(6-2)11-9-17-14-13-8-7-12-19-15(13)16(14,3)4/h13-15,17H,5-12H2,1-4H3. The molecule has 0 bridgehead atoms.